The summed E-state index contributed by atoms with van der Waals surface area (Å²) in [5, 5.41) is 9.08. The van der Waals surface area contributed by atoms with Gasteiger partial charge in [0, 0.05) is 42.6 Å². The molecule has 1 heterocycles. The van der Waals surface area contributed by atoms with Gasteiger partial charge < -0.3 is 9.84 Å². The standard InChI is InChI=1S/C29H33NO3/c1-21(16-28(31)32)18-30-19-24-11-8-23(17-27(24)29(20-30)14-15-29)7-6-22-9-12-26(13-10-22)33-25-4-2-3-5-25/h8-13,17,21,25H,2-5,14-16,18-20H2,1H3,(H,31,32). The van der Waals surface area contributed by atoms with Gasteiger partial charge in [0.15, 0.2) is 0 Å². The zero-order valence-electron chi connectivity index (χ0n) is 19.5. The summed E-state index contributed by atoms with van der Waals surface area (Å²) in [5.41, 5.74) is 5.15. The van der Waals surface area contributed by atoms with E-state index in [1.54, 1.807) is 0 Å². The molecule has 1 unspecified atom stereocenters. The Balaban J connectivity index is 1.26. The van der Waals surface area contributed by atoms with Gasteiger partial charge in [-0.2, -0.15) is 0 Å². The number of rotatable bonds is 6. The summed E-state index contributed by atoms with van der Waals surface area (Å²) in [6.45, 7) is 4.81. The number of hydrogen-bond donors (Lipinski definition) is 1. The van der Waals surface area contributed by atoms with Crippen molar-refractivity contribution in [1.29, 1.82) is 0 Å². The zero-order valence-corrected chi connectivity index (χ0v) is 19.5. The maximum Gasteiger partial charge on any atom is 0.303 e. The first-order chi connectivity index (χ1) is 16.0. The Hall–Kier alpha value is -2.77. The molecule has 2 saturated carbocycles. The van der Waals surface area contributed by atoms with Crippen molar-refractivity contribution < 1.29 is 14.6 Å². The number of ether oxygens (including phenoxy) is 1. The average molecular weight is 444 g/mol. The molecule has 0 amide bonds. The lowest BCUT2D eigenvalue weighted by molar-refractivity contribution is -0.138. The lowest BCUT2D eigenvalue weighted by Crippen LogP contribution is -2.40. The minimum absolute atomic E-state index is 0.167. The van der Waals surface area contributed by atoms with E-state index in [1.807, 2.05) is 31.2 Å². The largest absolute Gasteiger partial charge is 0.490 e. The molecule has 2 aromatic rings. The van der Waals surface area contributed by atoms with Crippen LogP contribution in [0.1, 0.15) is 74.1 Å². The van der Waals surface area contributed by atoms with Gasteiger partial charge in [-0.1, -0.05) is 24.8 Å². The fourth-order valence-corrected chi connectivity index (χ4v) is 5.57. The zero-order chi connectivity index (χ0) is 22.8. The number of carbonyl (C=O) groups is 1. The van der Waals surface area contributed by atoms with Crippen LogP contribution in [0.3, 0.4) is 0 Å². The van der Waals surface area contributed by atoms with Crippen LogP contribution in [0, 0.1) is 17.8 Å². The number of aliphatic carboxylic acids is 1. The lowest BCUT2D eigenvalue weighted by atomic mass is 9.85. The highest BCUT2D eigenvalue weighted by molar-refractivity contribution is 5.67. The normalized spacial score (nSPS) is 20.0. The molecule has 4 heteroatoms. The average Bonchev–Trinajstić information content (AvgIpc) is 3.35. The van der Waals surface area contributed by atoms with Crippen LogP contribution < -0.4 is 4.74 Å². The van der Waals surface area contributed by atoms with Crippen molar-refractivity contribution in [3.05, 3.63) is 64.7 Å². The van der Waals surface area contributed by atoms with Gasteiger partial charge in [0.25, 0.3) is 0 Å². The highest BCUT2D eigenvalue weighted by Gasteiger charge is 2.49. The van der Waals surface area contributed by atoms with E-state index < -0.39 is 5.97 Å². The molecule has 1 spiro atoms. The molecule has 1 atom stereocenters. The predicted octanol–water partition coefficient (Wildman–Crippen LogP) is 5.37. The number of benzene rings is 2. The quantitative estimate of drug-likeness (QED) is 0.610. The summed E-state index contributed by atoms with van der Waals surface area (Å²) in [5.74, 6) is 7.08. The van der Waals surface area contributed by atoms with E-state index in [4.69, 9.17) is 9.84 Å². The number of fused-ring (bicyclic) bond motifs is 2. The van der Waals surface area contributed by atoms with E-state index >= 15 is 0 Å². The Bertz CT molecular complexity index is 1070. The van der Waals surface area contributed by atoms with Crippen LogP contribution in [-0.4, -0.2) is 35.2 Å². The van der Waals surface area contributed by atoms with Crippen LogP contribution in [0.4, 0.5) is 0 Å². The minimum atomic E-state index is -0.708. The highest BCUT2D eigenvalue weighted by Crippen LogP contribution is 2.52. The van der Waals surface area contributed by atoms with E-state index in [1.165, 1.54) is 49.7 Å². The molecule has 0 aromatic heterocycles. The Morgan fingerprint density at radius 3 is 2.52 bits per heavy atom. The van der Waals surface area contributed by atoms with Crippen LogP contribution in [0.2, 0.25) is 0 Å². The first-order valence-electron chi connectivity index (χ1n) is 12.4. The summed E-state index contributed by atoms with van der Waals surface area (Å²) in [7, 11) is 0. The smallest absolute Gasteiger partial charge is 0.303 e. The van der Waals surface area contributed by atoms with Crippen LogP contribution >= 0.6 is 0 Å². The molecule has 1 N–H and O–H groups in total. The van der Waals surface area contributed by atoms with Crippen molar-refractivity contribution in [2.45, 2.75) is 69.9 Å². The van der Waals surface area contributed by atoms with Crippen molar-refractivity contribution in [3.8, 4) is 17.6 Å². The molecule has 0 radical (unpaired) electrons. The Kier molecular flexibility index (Phi) is 6.17. The summed E-state index contributed by atoms with van der Waals surface area (Å²) in [6.07, 6.45) is 7.92. The SMILES string of the molecule is CC(CC(=O)O)CN1Cc2ccc(C#Cc3ccc(OC4CCCC4)cc3)cc2C2(CC2)C1. The third kappa shape index (κ3) is 5.25. The van der Waals surface area contributed by atoms with E-state index in [2.05, 4.69) is 34.9 Å². The molecule has 33 heavy (non-hydrogen) atoms. The van der Waals surface area contributed by atoms with Crippen molar-refractivity contribution in [3.63, 3.8) is 0 Å². The summed E-state index contributed by atoms with van der Waals surface area (Å²) in [4.78, 5) is 13.5. The number of carboxylic acid groups (broad SMARTS) is 1. The van der Waals surface area contributed by atoms with E-state index in [9.17, 15) is 4.79 Å². The van der Waals surface area contributed by atoms with Gasteiger partial charge in [-0.15, -0.1) is 0 Å². The van der Waals surface area contributed by atoms with E-state index in [-0.39, 0.29) is 17.8 Å². The molecule has 0 bridgehead atoms. The molecule has 5 rings (SSSR count). The Morgan fingerprint density at radius 1 is 1.12 bits per heavy atom. The lowest BCUT2D eigenvalue weighted by Gasteiger charge is -2.36. The molecule has 1 aliphatic heterocycles. The summed E-state index contributed by atoms with van der Waals surface area (Å²) >= 11 is 0. The predicted molar refractivity (Wildman–Crippen MR) is 129 cm³/mol. The van der Waals surface area contributed by atoms with E-state index in [0.29, 0.717) is 6.10 Å². The Labute approximate surface area is 197 Å². The van der Waals surface area contributed by atoms with Crippen LogP contribution in [0.25, 0.3) is 0 Å². The van der Waals surface area contributed by atoms with E-state index in [0.717, 1.165) is 36.5 Å². The second kappa shape index (κ2) is 9.23. The van der Waals surface area contributed by atoms with Crippen molar-refractivity contribution in [2.24, 2.45) is 5.92 Å². The van der Waals surface area contributed by atoms with Crippen LogP contribution in [0.5, 0.6) is 5.75 Å². The Morgan fingerprint density at radius 2 is 1.82 bits per heavy atom. The summed E-state index contributed by atoms with van der Waals surface area (Å²) < 4.78 is 6.06. The third-order valence-corrected chi connectivity index (χ3v) is 7.36. The molecule has 0 saturated heterocycles. The van der Waals surface area contributed by atoms with Crippen LogP contribution in [-0.2, 0) is 16.8 Å². The molecular formula is C29H33NO3. The maximum atomic E-state index is 11.0. The number of hydrogen-bond acceptors (Lipinski definition) is 3. The summed E-state index contributed by atoms with van der Waals surface area (Å²) in [6, 6.07) is 14.8. The minimum Gasteiger partial charge on any atom is -0.490 e. The maximum absolute atomic E-state index is 11.0. The molecular weight excluding hydrogens is 410 g/mol. The molecule has 3 aliphatic rings. The topological polar surface area (TPSA) is 49.8 Å². The molecule has 2 aliphatic carbocycles. The third-order valence-electron chi connectivity index (χ3n) is 7.36. The second-order valence-electron chi connectivity index (χ2n) is 10.3. The van der Waals surface area contributed by atoms with Gasteiger partial charge in [0.1, 0.15) is 5.75 Å². The van der Waals surface area contributed by atoms with Gasteiger partial charge in [-0.25, -0.2) is 0 Å². The molecule has 172 valence electrons. The molecule has 2 aromatic carbocycles. The molecule has 2 fully saturated rings. The van der Waals surface area contributed by atoms with Crippen LogP contribution in [0.15, 0.2) is 42.5 Å². The fourth-order valence-electron chi connectivity index (χ4n) is 5.57. The first-order valence-corrected chi connectivity index (χ1v) is 12.4. The van der Waals surface area contributed by atoms with Gasteiger partial charge in [-0.05, 0) is 92.0 Å². The highest BCUT2D eigenvalue weighted by atomic mass is 16.5. The first kappa shape index (κ1) is 22.0. The van der Waals surface area contributed by atoms with Gasteiger partial charge in [0.05, 0.1) is 6.10 Å². The van der Waals surface area contributed by atoms with Crippen molar-refractivity contribution >= 4 is 5.97 Å². The number of nitrogens with zero attached hydrogens (tertiary/aromatic N) is 1. The van der Waals surface area contributed by atoms with Gasteiger partial charge >= 0.3 is 5.97 Å². The second-order valence-corrected chi connectivity index (χ2v) is 10.3. The number of carboxylic acids is 1. The van der Waals surface area contributed by atoms with Gasteiger partial charge in [0.2, 0.25) is 0 Å². The van der Waals surface area contributed by atoms with Gasteiger partial charge in [-0.3, -0.25) is 9.69 Å². The van der Waals surface area contributed by atoms with Crippen molar-refractivity contribution in [1.82, 2.24) is 4.90 Å². The molecule has 4 nitrogen and oxygen atoms in total. The fraction of sp³-hybridized carbons (Fsp3) is 0.483. The van der Waals surface area contributed by atoms with Crippen molar-refractivity contribution in [2.75, 3.05) is 13.1 Å². The monoisotopic (exact) mass is 443 g/mol.